The Bertz CT molecular complexity index is 540. The molecule has 0 amide bonds. The fourth-order valence-electron chi connectivity index (χ4n) is 1.67. The highest BCUT2D eigenvalue weighted by Gasteiger charge is 2.02. The van der Waals surface area contributed by atoms with E-state index < -0.39 is 0 Å². The van der Waals surface area contributed by atoms with E-state index >= 15 is 0 Å². The molecule has 0 N–H and O–H groups in total. The zero-order valence-corrected chi connectivity index (χ0v) is 12.9. The summed E-state index contributed by atoms with van der Waals surface area (Å²) in [7, 11) is 1.65. The Balaban J connectivity index is 1.88. The van der Waals surface area contributed by atoms with E-state index in [2.05, 4.69) is 15.9 Å². The molecule has 0 aromatic heterocycles. The molecule has 2 nitrogen and oxygen atoms in total. The number of halogens is 2. The van der Waals surface area contributed by atoms with Crippen molar-refractivity contribution < 1.29 is 9.47 Å². The van der Waals surface area contributed by atoms with Crippen LogP contribution in [0.3, 0.4) is 0 Å². The van der Waals surface area contributed by atoms with Gasteiger partial charge in [0.05, 0.1) is 24.8 Å². The monoisotopic (exact) mass is 340 g/mol. The SMILES string of the molecule is COc1ccc(COCc2ccc(Cl)cc2)cc1Br. The number of rotatable bonds is 5. The molecule has 0 radical (unpaired) electrons. The minimum atomic E-state index is 0.561. The Morgan fingerprint density at radius 1 is 1.00 bits per heavy atom. The van der Waals surface area contributed by atoms with Crippen LogP contribution in [-0.4, -0.2) is 7.11 Å². The molecule has 100 valence electrons. The van der Waals surface area contributed by atoms with Gasteiger partial charge in [-0.2, -0.15) is 0 Å². The maximum Gasteiger partial charge on any atom is 0.133 e. The molecule has 0 spiro atoms. The second kappa shape index (κ2) is 6.94. The predicted octanol–water partition coefficient (Wildman–Crippen LogP) is 4.83. The lowest BCUT2D eigenvalue weighted by molar-refractivity contribution is 0.107. The third kappa shape index (κ3) is 4.23. The molecule has 0 fully saturated rings. The molecule has 0 bridgehead atoms. The number of hydrogen-bond acceptors (Lipinski definition) is 2. The molecule has 0 unspecified atom stereocenters. The summed E-state index contributed by atoms with van der Waals surface area (Å²) in [5, 5.41) is 0.739. The van der Waals surface area contributed by atoms with E-state index in [1.54, 1.807) is 7.11 Å². The maximum atomic E-state index is 5.83. The molecule has 0 heterocycles. The molecule has 0 saturated carbocycles. The highest BCUT2D eigenvalue weighted by Crippen LogP contribution is 2.25. The van der Waals surface area contributed by atoms with Crippen molar-refractivity contribution in [2.75, 3.05) is 7.11 Å². The summed E-state index contributed by atoms with van der Waals surface area (Å²) < 4.78 is 11.8. The van der Waals surface area contributed by atoms with Gasteiger partial charge in [-0.15, -0.1) is 0 Å². The van der Waals surface area contributed by atoms with Gasteiger partial charge in [-0.1, -0.05) is 29.8 Å². The Hall–Kier alpha value is -1.03. The minimum absolute atomic E-state index is 0.561. The molecule has 0 aliphatic heterocycles. The van der Waals surface area contributed by atoms with E-state index in [-0.39, 0.29) is 0 Å². The Kier molecular flexibility index (Phi) is 5.25. The van der Waals surface area contributed by atoms with Gasteiger partial charge in [-0.3, -0.25) is 0 Å². The van der Waals surface area contributed by atoms with Crippen LogP contribution in [0, 0.1) is 0 Å². The van der Waals surface area contributed by atoms with Crippen LogP contribution in [0.25, 0.3) is 0 Å². The van der Waals surface area contributed by atoms with Crippen molar-refractivity contribution in [3.8, 4) is 5.75 Å². The molecule has 2 aromatic rings. The molecule has 0 atom stereocenters. The first-order valence-electron chi connectivity index (χ1n) is 5.83. The number of benzene rings is 2. The van der Waals surface area contributed by atoms with Crippen molar-refractivity contribution >= 4 is 27.5 Å². The summed E-state index contributed by atoms with van der Waals surface area (Å²) in [4.78, 5) is 0. The maximum absolute atomic E-state index is 5.83. The molecule has 2 rings (SSSR count). The summed E-state index contributed by atoms with van der Waals surface area (Å²) in [6, 6.07) is 13.6. The zero-order chi connectivity index (χ0) is 13.7. The van der Waals surface area contributed by atoms with Gasteiger partial charge >= 0.3 is 0 Å². The second-order valence-electron chi connectivity index (χ2n) is 4.09. The van der Waals surface area contributed by atoms with Crippen molar-refractivity contribution in [3.05, 3.63) is 63.1 Å². The largest absolute Gasteiger partial charge is 0.496 e. The van der Waals surface area contributed by atoms with Gasteiger partial charge in [0.25, 0.3) is 0 Å². The average molecular weight is 342 g/mol. The molecule has 0 saturated heterocycles. The van der Waals surface area contributed by atoms with Gasteiger partial charge in [0.15, 0.2) is 0 Å². The molecule has 2 aromatic carbocycles. The molecule has 19 heavy (non-hydrogen) atoms. The summed E-state index contributed by atoms with van der Waals surface area (Å²) >= 11 is 9.29. The van der Waals surface area contributed by atoms with Crippen molar-refractivity contribution in [2.24, 2.45) is 0 Å². The predicted molar refractivity (Wildman–Crippen MR) is 80.6 cm³/mol. The average Bonchev–Trinajstić information content (AvgIpc) is 2.41. The number of ether oxygens (including phenoxy) is 2. The van der Waals surface area contributed by atoms with Gasteiger partial charge in [0.2, 0.25) is 0 Å². The molecular formula is C15H14BrClO2. The highest BCUT2D eigenvalue weighted by molar-refractivity contribution is 9.10. The standard InChI is InChI=1S/C15H14BrClO2/c1-18-15-7-4-12(8-14(15)16)10-19-9-11-2-5-13(17)6-3-11/h2-8H,9-10H2,1H3. The van der Waals surface area contributed by atoms with Crippen LogP contribution in [0.4, 0.5) is 0 Å². The quantitative estimate of drug-likeness (QED) is 0.775. The fourth-order valence-corrected chi connectivity index (χ4v) is 2.38. The van der Waals surface area contributed by atoms with Crippen LogP contribution in [0.15, 0.2) is 46.9 Å². The summed E-state index contributed by atoms with van der Waals surface area (Å²) in [6.45, 7) is 1.13. The normalized spacial score (nSPS) is 10.5. The summed E-state index contributed by atoms with van der Waals surface area (Å²) in [5.74, 6) is 0.821. The second-order valence-corrected chi connectivity index (χ2v) is 5.38. The molecule has 4 heteroatoms. The lowest BCUT2D eigenvalue weighted by Crippen LogP contribution is -1.95. The van der Waals surface area contributed by atoms with Crippen LogP contribution < -0.4 is 4.74 Å². The van der Waals surface area contributed by atoms with Gasteiger partial charge < -0.3 is 9.47 Å². The van der Waals surface area contributed by atoms with Crippen LogP contribution >= 0.6 is 27.5 Å². The Morgan fingerprint density at radius 3 is 2.26 bits per heavy atom. The van der Waals surface area contributed by atoms with Gasteiger partial charge in [-0.25, -0.2) is 0 Å². The molecule has 0 aliphatic rings. The van der Waals surface area contributed by atoms with Crippen molar-refractivity contribution in [1.29, 1.82) is 0 Å². The highest BCUT2D eigenvalue weighted by atomic mass is 79.9. The number of hydrogen-bond donors (Lipinski definition) is 0. The van der Waals surface area contributed by atoms with Crippen molar-refractivity contribution in [2.45, 2.75) is 13.2 Å². The van der Waals surface area contributed by atoms with E-state index in [0.717, 1.165) is 26.4 Å². The first kappa shape index (κ1) is 14.4. The van der Waals surface area contributed by atoms with Crippen LogP contribution in [-0.2, 0) is 18.0 Å². The lowest BCUT2D eigenvalue weighted by Gasteiger charge is -2.07. The molecule has 0 aliphatic carbocycles. The lowest BCUT2D eigenvalue weighted by atomic mass is 10.2. The van der Waals surface area contributed by atoms with Crippen LogP contribution in [0.1, 0.15) is 11.1 Å². The van der Waals surface area contributed by atoms with Crippen molar-refractivity contribution in [3.63, 3.8) is 0 Å². The fraction of sp³-hybridized carbons (Fsp3) is 0.200. The smallest absolute Gasteiger partial charge is 0.133 e. The van der Waals surface area contributed by atoms with Gasteiger partial charge in [-0.05, 0) is 51.3 Å². The summed E-state index contributed by atoms with van der Waals surface area (Å²) in [6.07, 6.45) is 0. The van der Waals surface area contributed by atoms with Gasteiger partial charge in [0, 0.05) is 5.02 Å². The number of methoxy groups -OCH3 is 1. The zero-order valence-electron chi connectivity index (χ0n) is 10.5. The van der Waals surface area contributed by atoms with E-state index in [0.29, 0.717) is 13.2 Å². The Labute approximate surface area is 126 Å². The molecular weight excluding hydrogens is 328 g/mol. The van der Waals surface area contributed by atoms with E-state index in [4.69, 9.17) is 21.1 Å². The van der Waals surface area contributed by atoms with E-state index in [9.17, 15) is 0 Å². The minimum Gasteiger partial charge on any atom is -0.496 e. The van der Waals surface area contributed by atoms with E-state index in [1.807, 2.05) is 42.5 Å². The van der Waals surface area contributed by atoms with Gasteiger partial charge in [0.1, 0.15) is 5.75 Å². The summed E-state index contributed by atoms with van der Waals surface area (Å²) in [5.41, 5.74) is 2.21. The third-order valence-electron chi connectivity index (χ3n) is 2.67. The van der Waals surface area contributed by atoms with Crippen LogP contribution in [0.2, 0.25) is 5.02 Å². The third-order valence-corrected chi connectivity index (χ3v) is 3.54. The van der Waals surface area contributed by atoms with Crippen molar-refractivity contribution in [1.82, 2.24) is 0 Å². The van der Waals surface area contributed by atoms with E-state index in [1.165, 1.54) is 0 Å². The van der Waals surface area contributed by atoms with Crippen LogP contribution in [0.5, 0.6) is 5.75 Å². The Morgan fingerprint density at radius 2 is 1.63 bits per heavy atom. The first-order chi connectivity index (χ1) is 9.19. The topological polar surface area (TPSA) is 18.5 Å². The first-order valence-corrected chi connectivity index (χ1v) is 7.01.